The minimum Gasteiger partial charge on any atom is -0.397 e. The molecule has 0 aromatic carbocycles. The summed E-state index contributed by atoms with van der Waals surface area (Å²) in [6.07, 6.45) is 1.71. The summed E-state index contributed by atoms with van der Waals surface area (Å²) < 4.78 is 0. The fraction of sp³-hybridized carbons (Fsp3) is 0. The van der Waals surface area contributed by atoms with Gasteiger partial charge in [0.15, 0.2) is 0 Å². The highest BCUT2D eigenvalue weighted by atomic mass is 14.7. The minimum absolute atomic E-state index is 0.741. The minimum atomic E-state index is 0.741. The van der Waals surface area contributed by atoms with E-state index in [1.165, 1.54) is 0 Å². The van der Waals surface area contributed by atoms with E-state index in [4.69, 9.17) is 5.73 Å². The lowest BCUT2D eigenvalue weighted by atomic mass is 10.5. The highest BCUT2D eigenvalue weighted by molar-refractivity contribution is 5.38. The molecule has 2 heteroatoms. The zero-order chi connectivity index (χ0) is 5.28. The van der Waals surface area contributed by atoms with Crippen molar-refractivity contribution in [3.05, 3.63) is 24.9 Å². The second-order valence-corrected chi connectivity index (χ2v) is 1.46. The van der Waals surface area contributed by atoms with E-state index in [2.05, 4.69) is 11.9 Å². The van der Waals surface area contributed by atoms with Crippen LogP contribution >= 0.6 is 0 Å². The Labute approximate surface area is 42.3 Å². The van der Waals surface area contributed by atoms with Crippen LogP contribution in [0.25, 0.3) is 0 Å². The van der Waals surface area contributed by atoms with Crippen LogP contribution in [0.1, 0.15) is 5.69 Å². The number of nitrogens with two attached hydrogens (primary N) is 1. The summed E-state index contributed by atoms with van der Waals surface area (Å²) >= 11 is 0. The third-order valence-corrected chi connectivity index (χ3v) is 0.765. The van der Waals surface area contributed by atoms with E-state index in [1.807, 2.05) is 0 Å². The molecule has 0 bridgehead atoms. The van der Waals surface area contributed by atoms with Crippen molar-refractivity contribution in [1.82, 2.24) is 4.98 Å². The van der Waals surface area contributed by atoms with Gasteiger partial charge in [-0.2, -0.15) is 0 Å². The highest BCUT2D eigenvalue weighted by Gasteiger charge is 1.83. The van der Waals surface area contributed by atoms with Crippen LogP contribution < -0.4 is 5.73 Å². The summed E-state index contributed by atoms with van der Waals surface area (Å²) in [5, 5.41) is 0. The average Bonchev–Trinajstić information content (AvgIpc) is 1.87. The van der Waals surface area contributed by atoms with E-state index in [-0.39, 0.29) is 0 Å². The van der Waals surface area contributed by atoms with Crippen LogP contribution in [0.15, 0.2) is 12.3 Å². The Bertz CT molecular complexity index is 138. The first-order chi connectivity index (χ1) is 3.29. The van der Waals surface area contributed by atoms with Crippen molar-refractivity contribution in [2.24, 2.45) is 0 Å². The lowest BCUT2D eigenvalue weighted by molar-refractivity contribution is 1.35. The Morgan fingerprint density at radius 3 is 2.57 bits per heavy atom. The van der Waals surface area contributed by atoms with Crippen molar-refractivity contribution in [1.29, 1.82) is 0 Å². The van der Waals surface area contributed by atoms with E-state index in [9.17, 15) is 0 Å². The molecule has 0 atom stereocenters. The predicted molar refractivity (Wildman–Crippen MR) is 29.7 cm³/mol. The van der Waals surface area contributed by atoms with Gasteiger partial charge in [0.25, 0.3) is 0 Å². The second-order valence-electron chi connectivity index (χ2n) is 1.46. The first-order valence-corrected chi connectivity index (χ1v) is 2.05. The van der Waals surface area contributed by atoms with Crippen molar-refractivity contribution in [2.75, 3.05) is 5.73 Å². The molecule has 37 valence electrons. The largest absolute Gasteiger partial charge is 0.397 e. The van der Waals surface area contributed by atoms with E-state index in [0.717, 1.165) is 11.4 Å². The van der Waals surface area contributed by atoms with Crippen LogP contribution in [0, 0.1) is 6.92 Å². The lowest BCUT2D eigenvalue weighted by Gasteiger charge is -1.71. The van der Waals surface area contributed by atoms with Gasteiger partial charge in [-0.25, -0.2) is 0 Å². The van der Waals surface area contributed by atoms with Crippen LogP contribution in [0.3, 0.4) is 0 Å². The number of rotatable bonds is 0. The van der Waals surface area contributed by atoms with Crippen LogP contribution in [0.4, 0.5) is 5.69 Å². The molecule has 1 heterocycles. The van der Waals surface area contributed by atoms with Crippen LogP contribution in [0.5, 0.6) is 0 Å². The maximum atomic E-state index is 5.31. The average molecular weight is 95.1 g/mol. The molecule has 7 heavy (non-hydrogen) atoms. The van der Waals surface area contributed by atoms with Gasteiger partial charge in [0.2, 0.25) is 0 Å². The van der Waals surface area contributed by atoms with Gasteiger partial charge in [0, 0.05) is 17.6 Å². The molecule has 1 aromatic rings. The standard InChI is InChI=1S/C5H7N2/c1-4-2-5(6)3-7-4/h2-3,7H,1,6H2. The third kappa shape index (κ3) is 0.738. The van der Waals surface area contributed by atoms with Crippen molar-refractivity contribution < 1.29 is 0 Å². The summed E-state index contributed by atoms with van der Waals surface area (Å²) in [5.41, 5.74) is 6.91. The van der Waals surface area contributed by atoms with Gasteiger partial charge in [-0.15, -0.1) is 0 Å². The van der Waals surface area contributed by atoms with Gasteiger partial charge in [-0.05, 0) is 13.0 Å². The molecule has 0 fully saturated rings. The topological polar surface area (TPSA) is 41.8 Å². The Kier molecular flexibility index (Phi) is 0.785. The normalized spacial score (nSPS) is 9.29. The molecule has 0 spiro atoms. The van der Waals surface area contributed by atoms with Gasteiger partial charge in [0.1, 0.15) is 0 Å². The number of nitrogen functional groups attached to an aromatic ring is 1. The molecule has 1 aromatic heterocycles. The third-order valence-electron chi connectivity index (χ3n) is 0.765. The van der Waals surface area contributed by atoms with E-state index in [1.54, 1.807) is 12.3 Å². The number of aromatic amines is 1. The number of aromatic nitrogens is 1. The molecule has 0 aliphatic rings. The molecule has 0 amide bonds. The molecule has 3 N–H and O–H groups in total. The van der Waals surface area contributed by atoms with E-state index >= 15 is 0 Å². The molecule has 0 aliphatic heterocycles. The Morgan fingerprint density at radius 1 is 1.71 bits per heavy atom. The second kappa shape index (κ2) is 1.30. The van der Waals surface area contributed by atoms with Gasteiger partial charge in [0.05, 0.1) is 0 Å². The van der Waals surface area contributed by atoms with Gasteiger partial charge in [-0.3, -0.25) is 0 Å². The summed E-state index contributed by atoms with van der Waals surface area (Å²) in [6.45, 7) is 3.61. The molecule has 0 saturated carbocycles. The molecular formula is C5H7N2. The van der Waals surface area contributed by atoms with Gasteiger partial charge in [-0.1, -0.05) is 0 Å². The Balaban J connectivity index is 3.04. The van der Waals surface area contributed by atoms with Gasteiger partial charge >= 0.3 is 0 Å². The number of nitrogens with one attached hydrogen (secondary N) is 1. The Hall–Kier alpha value is -0.920. The summed E-state index contributed by atoms with van der Waals surface area (Å²) in [4.78, 5) is 2.83. The smallest absolute Gasteiger partial charge is 0.0494 e. The number of hydrogen-bond donors (Lipinski definition) is 2. The number of anilines is 1. The zero-order valence-corrected chi connectivity index (χ0v) is 3.94. The maximum absolute atomic E-state index is 5.31. The fourth-order valence-corrected chi connectivity index (χ4v) is 0.461. The molecule has 0 saturated heterocycles. The van der Waals surface area contributed by atoms with Crippen LogP contribution in [0.2, 0.25) is 0 Å². The fourth-order valence-electron chi connectivity index (χ4n) is 0.461. The molecule has 1 radical (unpaired) electrons. The van der Waals surface area contributed by atoms with Gasteiger partial charge < -0.3 is 10.7 Å². The summed E-state index contributed by atoms with van der Waals surface area (Å²) in [5.74, 6) is 0. The van der Waals surface area contributed by atoms with E-state index < -0.39 is 0 Å². The lowest BCUT2D eigenvalue weighted by Crippen LogP contribution is -1.75. The molecule has 2 nitrogen and oxygen atoms in total. The van der Waals surface area contributed by atoms with Crippen LogP contribution in [-0.4, -0.2) is 4.98 Å². The van der Waals surface area contributed by atoms with Crippen molar-refractivity contribution in [2.45, 2.75) is 0 Å². The summed E-state index contributed by atoms with van der Waals surface area (Å²) in [7, 11) is 0. The van der Waals surface area contributed by atoms with Crippen molar-refractivity contribution in [3.8, 4) is 0 Å². The molecule has 0 aliphatic carbocycles. The molecule has 0 unspecified atom stereocenters. The monoisotopic (exact) mass is 95.1 g/mol. The quantitative estimate of drug-likeness (QED) is 0.491. The summed E-state index contributed by atoms with van der Waals surface area (Å²) in [6, 6.07) is 1.78. The molecule has 1 rings (SSSR count). The molecular weight excluding hydrogens is 88.1 g/mol. The Morgan fingerprint density at radius 2 is 2.43 bits per heavy atom. The first kappa shape index (κ1) is 4.24. The highest BCUT2D eigenvalue weighted by Crippen LogP contribution is 2.00. The van der Waals surface area contributed by atoms with E-state index in [0.29, 0.717) is 0 Å². The number of hydrogen-bond acceptors (Lipinski definition) is 1. The van der Waals surface area contributed by atoms with Crippen molar-refractivity contribution >= 4 is 5.69 Å². The SMILES string of the molecule is [CH2]c1cc(N)c[nH]1. The maximum Gasteiger partial charge on any atom is 0.0494 e. The van der Waals surface area contributed by atoms with Crippen LogP contribution in [-0.2, 0) is 0 Å². The number of H-pyrrole nitrogens is 1. The first-order valence-electron chi connectivity index (χ1n) is 2.05. The van der Waals surface area contributed by atoms with Crippen molar-refractivity contribution in [3.63, 3.8) is 0 Å². The predicted octanol–water partition coefficient (Wildman–Crippen LogP) is 0.779. The zero-order valence-electron chi connectivity index (χ0n) is 3.94.